The number of pyridine rings is 1. The number of urea groups is 1. The number of aromatic nitrogens is 2. The van der Waals surface area contributed by atoms with Crippen LogP contribution in [-0.4, -0.2) is 53.2 Å². The highest BCUT2D eigenvalue weighted by molar-refractivity contribution is 7.17. The lowest BCUT2D eigenvalue weighted by atomic mass is 10.2. The number of nitrogens with one attached hydrogen (secondary N) is 2. The summed E-state index contributed by atoms with van der Waals surface area (Å²) in [6.45, 7) is 3.71. The predicted octanol–water partition coefficient (Wildman–Crippen LogP) is 2.25. The second-order valence-corrected chi connectivity index (χ2v) is 6.37. The van der Waals surface area contributed by atoms with E-state index in [-0.39, 0.29) is 23.4 Å². The first-order valence-electron chi connectivity index (χ1n) is 7.58. The number of hydrogen-bond donors (Lipinski definition) is 2. The SMILES string of the molecule is CCNC(=O)Nc1ccc(-c2nc(C(C)=O)c(C(=O)N(C)C)s2)cn1. The molecule has 2 heterocycles. The summed E-state index contributed by atoms with van der Waals surface area (Å²) in [4.78, 5) is 45.6. The summed E-state index contributed by atoms with van der Waals surface area (Å²) in [5.41, 5.74) is 0.815. The highest BCUT2D eigenvalue weighted by atomic mass is 32.1. The number of amides is 3. The maximum absolute atomic E-state index is 12.2. The maximum Gasteiger partial charge on any atom is 0.320 e. The number of hydrogen-bond acceptors (Lipinski definition) is 6. The Morgan fingerprint density at radius 3 is 2.48 bits per heavy atom. The van der Waals surface area contributed by atoms with E-state index in [0.29, 0.717) is 27.8 Å². The third-order valence-corrected chi connectivity index (χ3v) is 4.24. The summed E-state index contributed by atoms with van der Waals surface area (Å²) < 4.78 is 0. The Balaban J connectivity index is 2.29. The molecule has 2 aromatic heterocycles. The van der Waals surface area contributed by atoms with Crippen LogP contribution in [-0.2, 0) is 0 Å². The van der Waals surface area contributed by atoms with Gasteiger partial charge in [-0.1, -0.05) is 0 Å². The van der Waals surface area contributed by atoms with Crippen molar-refractivity contribution in [3.05, 3.63) is 28.9 Å². The topological polar surface area (TPSA) is 104 Å². The molecule has 0 fully saturated rings. The molecule has 2 rings (SSSR count). The largest absolute Gasteiger partial charge is 0.344 e. The number of thiazole rings is 1. The second kappa shape index (κ2) is 7.84. The van der Waals surface area contributed by atoms with E-state index in [4.69, 9.17) is 0 Å². The Hall–Kier alpha value is -2.81. The molecule has 0 saturated heterocycles. The summed E-state index contributed by atoms with van der Waals surface area (Å²) in [6.07, 6.45) is 1.54. The molecule has 0 aliphatic heterocycles. The fourth-order valence-electron chi connectivity index (χ4n) is 1.95. The first-order valence-corrected chi connectivity index (χ1v) is 8.39. The van der Waals surface area contributed by atoms with Crippen LogP contribution in [0.3, 0.4) is 0 Å². The summed E-state index contributed by atoms with van der Waals surface area (Å²) >= 11 is 1.14. The van der Waals surface area contributed by atoms with Gasteiger partial charge in [-0.05, 0) is 19.1 Å². The van der Waals surface area contributed by atoms with Crippen LogP contribution >= 0.6 is 11.3 Å². The molecule has 0 aromatic carbocycles. The Morgan fingerprint density at radius 1 is 1.24 bits per heavy atom. The highest BCUT2D eigenvalue weighted by Crippen LogP contribution is 2.29. The van der Waals surface area contributed by atoms with Crippen molar-refractivity contribution in [1.29, 1.82) is 0 Å². The highest BCUT2D eigenvalue weighted by Gasteiger charge is 2.23. The smallest absolute Gasteiger partial charge is 0.320 e. The van der Waals surface area contributed by atoms with Crippen molar-refractivity contribution in [1.82, 2.24) is 20.2 Å². The zero-order valence-electron chi connectivity index (χ0n) is 14.4. The van der Waals surface area contributed by atoms with E-state index >= 15 is 0 Å². The van der Waals surface area contributed by atoms with Crippen molar-refractivity contribution in [3.63, 3.8) is 0 Å². The molecule has 0 aliphatic rings. The van der Waals surface area contributed by atoms with Crippen LogP contribution in [0, 0.1) is 0 Å². The third kappa shape index (κ3) is 4.38. The number of ketones is 1. The van der Waals surface area contributed by atoms with Gasteiger partial charge < -0.3 is 10.2 Å². The lowest BCUT2D eigenvalue weighted by Crippen LogP contribution is -2.28. The summed E-state index contributed by atoms with van der Waals surface area (Å²) in [7, 11) is 3.24. The molecule has 0 aliphatic carbocycles. The van der Waals surface area contributed by atoms with Crippen molar-refractivity contribution in [2.75, 3.05) is 26.0 Å². The van der Waals surface area contributed by atoms with Crippen LogP contribution in [0.15, 0.2) is 18.3 Å². The second-order valence-electron chi connectivity index (χ2n) is 5.37. The van der Waals surface area contributed by atoms with Crippen molar-refractivity contribution in [3.8, 4) is 10.6 Å². The van der Waals surface area contributed by atoms with E-state index in [1.54, 1.807) is 26.2 Å². The first kappa shape index (κ1) is 18.5. The van der Waals surface area contributed by atoms with Crippen LogP contribution in [0.25, 0.3) is 10.6 Å². The number of anilines is 1. The predicted molar refractivity (Wildman–Crippen MR) is 96.1 cm³/mol. The van der Waals surface area contributed by atoms with Gasteiger partial charge in [0.15, 0.2) is 5.78 Å². The molecule has 132 valence electrons. The van der Waals surface area contributed by atoms with E-state index < -0.39 is 0 Å². The molecular formula is C16H19N5O3S. The van der Waals surface area contributed by atoms with Crippen molar-refractivity contribution < 1.29 is 14.4 Å². The average molecular weight is 361 g/mol. The van der Waals surface area contributed by atoms with Crippen LogP contribution in [0.5, 0.6) is 0 Å². The molecule has 2 N–H and O–H groups in total. The van der Waals surface area contributed by atoms with Gasteiger partial charge in [0, 0.05) is 39.3 Å². The van der Waals surface area contributed by atoms with Crippen LogP contribution in [0.1, 0.15) is 34.0 Å². The van der Waals surface area contributed by atoms with E-state index in [1.165, 1.54) is 18.0 Å². The third-order valence-electron chi connectivity index (χ3n) is 3.15. The van der Waals surface area contributed by atoms with Crippen molar-refractivity contribution in [2.24, 2.45) is 0 Å². The number of Topliss-reactive ketones (excluding diaryl/α,β-unsaturated/α-hetero) is 1. The minimum atomic E-state index is -0.338. The molecule has 0 unspecified atom stereocenters. The van der Waals surface area contributed by atoms with Gasteiger partial charge in [0.05, 0.1) is 0 Å². The van der Waals surface area contributed by atoms with Crippen LogP contribution in [0.4, 0.5) is 10.6 Å². The van der Waals surface area contributed by atoms with Gasteiger partial charge in [0.25, 0.3) is 5.91 Å². The number of carbonyl (C=O) groups excluding carboxylic acids is 3. The van der Waals surface area contributed by atoms with Gasteiger partial charge >= 0.3 is 6.03 Å². The lowest BCUT2D eigenvalue weighted by Gasteiger charge is -2.08. The van der Waals surface area contributed by atoms with Gasteiger partial charge in [0.1, 0.15) is 21.4 Å². The normalized spacial score (nSPS) is 10.2. The fourth-order valence-corrected chi connectivity index (χ4v) is 3.07. The molecule has 0 saturated carbocycles. The van der Waals surface area contributed by atoms with Crippen LogP contribution in [0.2, 0.25) is 0 Å². The molecule has 9 heteroatoms. The Labute approximate surface area is 149 Å². The molecule has 0 spiro atoms. The van der Waals surface area contributed by atoms with Crippen molar-refractivity contribution in [2.45, 2.75) is 13.8 Å². The van der Waals surface area contributed by atoms with E-state index in [9.17, 15) is 14.4 Å². The van der Waals surface area contributed by atoms with E-state index in [0.717, 1.165) is 11.3 Å². The van der Waals surface area contributed by atoms with E-state index in [2.05, 4.69) is 20.6 Å². The zero-order chi connectivity index (χ0) is 18.6. The molecular weight excluding hydrogens is 342 g/mol. The van der Waals surface area contributed by atoms with Gasteiger partial charge in [0.2, 0.25) is 0 Å². The summed E-state index contributed by atoms with van der Waals surface area (Å²) in [6, 6.07) is 3.02. The lowest BCUT2D eigenvalue weighted by molar-refractivity contribution is 0.0825. The number of nitrogens with zero attached hydrogens (tertiary/aromatic N) is 3. The monoisotopic (exact) mass is 361 g/mol. The van der Waals surface area contributed by atoms with Gasteiger partial charge in [-0.25, -0.2) is 14.8 Å². The Morgan fingerprint density at radius 2 is 1.96 bits per heavy atom. The molecule has 0 atom stereocenters. The zero-order valence-corrected chi connectivity index (χ0v) is 15.2. The molecule has 8 nitrogen and oxygen atoms in total. The maximum atomic E-state index is 12.2. The van der Waals surface area contributed by atoms with Gasteiger partial charge in [-0.15, -0.1) is 11.3 Å². The molecule has 25 heavy (non-hydrogen) atoms. The standard InChI is InChI=1S/C16H19N5O3S/c1-5-17-16(24)19-11-7-6-10(8-18-11)14-20-12(9(2)22)13(25-14)15(23)21(3)4/h6-8H,5H2,1-4H3,(H2,17,18,19,24). The average Bonchev–Trinajstić information content (AvgIpc) is 3.00. The summed E-state index contributed by atoms with van der Waals surface area (Å²) in [5, 5.41) is 5.72. The van der Waals surface area contributed by atoms with Crippen LogP contribution < -0.4 is 10.6 Å². The first-order chi connectivity index (χ1) is 11.8. The molecule has 0 bridgehead atoms. The molecule has 2 aromatic rings. The van der Waals surface area contributed by atoms with Gasteiger partial charge in [-0.2, -0.15) is 0 Å². The molecule has 3 amide bonds. The quantitative estimate of drug-likeness (QED) is 0.795. The number of carbonyl (C=O) groups is 3. The van der Waals surface area contributed by atoms with Crippen molar-refractivity contribution >= 4 is 34.9 Å². The van der Waals surface area contributed by atoms with E-state index in [1.807, 2.05) is 6.92 Å². The number of rotatable bonds is 5. The fraction of sp³-hybridized carbons (Fsp3) is 0.312. The molecule has 0 radical (unpaired) electrons. The van der Waals surface area contributed by atoms with Gasteiger partial charge in [-0.3, -0.25) is 14.9 Å². The summed E-state index contributed by atoms with van der Waals surface area (Å²) in [5.74, 6) is -0.144. The minimum absolute atomic E-state index is 0.156. The minimum Gasteiger partial charge on any atom is -0.344 e. The Kier molecular flexibility index (Phi) is 5.81. The Bertz CT molecular complexity index is 799.